The molecule has 2 amide bonds. The Morgan fingerprint density at radius 2 is 1.57 bits per heavy atom. The van der Waals surface area contributed by atoms with Crippen molar-refractivity contribution in [2.75, 3.05) is 45.1 Å². The number of likely N-dealkylation sites (N-methyl/N-ethyl adjacent to an activating group) is 1. The number of rotatable bonds is 5. The van der Waals surface area contributed by atoms with Crippen LogP contribution in [0.5, 0.6) is 0 Å². The summed E-state index contributed by atoms with van der Waals surface area (Å²) >= 11 is 0. The molecule has 9 heteroatoms. The van der Waals surface area contributed by atoms with Crippen LogP contribution in [0.3, 0.4) is 0 Å². The molecular weight excluding hydrogens is 397 g/mol. The van der Waals surface area contributed by atoms with Crippen LogP contribution in [0.1, 0.15) is 11.6 Å². The number of carbonyl (C=O) groups excluding carboxylic acids is 2. The fraction of sp³-hybridized carbons (Fsp3) is 0.333. The number of amides is 2. The lowest BCUT2D eigenvalue weighted by Gasteiger charge is -2.38. The van der Waals surface area contributed by atoms with Crippen molar-refractivity contribution in [3.05, 3.63) is 65.5 Å². The Hall–Kier alpha value is -2.91. The van der Waals surface area contributed by atoms with Crippen LogP contribution >= 0.6 is 0 Å². The molecular formula is C21H23F3N4O2. The Morgan fingerprint density at radius 3 is 2.23 bits per heavy atom. The van der Waals surface area contributed by atoms with Gasteiger partial charge in [0.1, 0.15) is 17.5 Å². The molecule has 6 nitrogen and oxygen atoms in total. The molecule has 0 saturated carbocycles. The van der Waals surface area contributed by atoms with Gasteiger partial charge in [-0.2, -0.15) is 0 Å². The Morgan fingerprint density at radius 1 is 0.933 bits per heavy atom. The molecule has 1 saturated heterocycles. The summed E-state index contributed by atoms with van der Waals surface area (Å²) in [6.07, 6.45) is 0. The maximum absolute atomic E-state index is 13.7. The Bertz CT molecular complexity index is 900. The van der Waals surface area contributed by atoms with Crippen LogP contribution < -0.4 is 10.6 Å². The minimum atomic E-state index is -1.10. The standard InChI is InChI=1S/C21H23F3N4O2/c1-27-8-10-28(11-9-27)19(14-2-4-15(22)5-3-14)13-25-20(29)21(30)26-18-12-16(23)6-7-17(18)24/h2-7,12,19H,8-11,13H2,1H3,(H,25,29)(H,26,30)/t19-/m0/s1. The van der Waals surface area contributed by atoms with Gasteiger partial charge in [-0.05, 0) is 36.9 Å². The fourth-order valence-electron chi connectivity index (χ4n) is 3.32. The summed E-state index contributed by atoms with van der Waals surface area (Å²) in [4.78, 5) is 28.7. The monoisotopic (exact) mass is 420 g/mol. The van der Waals surface area contributed by atoms with Crippen LogP contribution in [0, 0.1) is 17.5 Å². The maximum atomic E-state index is 13.7. The number of halogens is 3. The molecule has 2 aromatic rings. The zero-order valence-electron chi connectivity index (χ0n) is 16.5. The van der Waals surface area contributed by atoms with E-state index in [1.165, 1.54) is 12.1 Å². The summed E-state index contributed by atoms with van der Waals surface area (Å²) in [7, 11) is 2.02. The van der Waals surface area contributed by atoms with Crippen molar-refractivity contribution >= 4 is 17.5 Å². The predicted octanol–water partition coefficient (Wildman–Crippen LogP) is 2.15. The van der Waals surface area contributed by atoms with Gasteiger partial charge in [0.15, 0.2) is 0 Å². The van der Waals surface area contributed by atoms with Crippen molar-refractivity contribution in [2.45, 2.75) is 6.04 Å². The molecule has 0 aliphatic carbocycles. The summed E-state index contributed by atoms with van der Waals surface area (Å²) in [6.45, 7) is 3.27. The van der Waals surface area contributed by atoms with Crippen molar-refractivity contribution < 1.29 is 22.8 Å². The van der Waals surface area contributed by atoms with E-state index < -0.39 is 29.1 Å². The average Bonchev–Trinajstić information content (AvgIpc) is 2.73. The van der Waals surface area contributed by atoms with Crippen LogP contribution in [-0.2, 0) is 9.59 Å². The molecule has 3 rings (SSSR count). The van der Waals surface area contributed by atoms with Gasteiger partial charge in [0.05, 0.1) is 11.7 Å². The first-order valence-electron chi connectivity index (χ1n) is 9.56. The van der Waals surface area contributed by atoms with Crippen molar-refractivity contribution in [1.29, 1.82) is 0 Å². The van der Waals surface area contributed by atoms with E-state index in [1.807, 2.05) is 7.05 Å². The molecule has 0 bridgehead atoms. The SMILES string of the molecule is CN1CCN([C@@H](CNC(=O)C(=O)Nc2cc(F)ccc2F)c2ccc(F)cc2)CC1. The van der Waals surface area contributed by atoms with Crippen LogP contribution in [-0.4, -0.2) is 61.4 Å². The fourth-order valence-corrected chi connectivity index (χ4v) is 3.32. The first kappa shape index (κ1) is 21.8. The van der Waals surface area contributed by atoms with Crippen molar-refractivity contribution in [3.8, 4) is 0 Å². The van der Waals surface area contributed by atoms with E-state index in [4.69, 9.17) is 0 Å². The molecule has 30 heavy (non-hydrogen) atoms. The third-order valence-electron chi connectivity index (χ3n) is 5.07. The van der Waals surface area contributed by atoms with E-state index in [1.54, 1.807) is 12.1 Å². The first-order valence-corrected chi connectivity index (χ1v) is 9.56. The highest BCUT2D eigenvalue weighted by molar-refractivity contribution is 6.39. The molecule has 2 aromatic carbocycles. The molecule has 1 fully saturated rings. The first-order chi connectivity index (χ1) is 14.3. The van der Waals surface area contributed by atoms with Gasteiger partial charge < -0.3 is 15.5 Å². The second-order valence-corrected chi connectivity index (χ2v) is 7.19. The maximum Gasteiger partial charge on any atom is 0.313 e. The Balaban J connectivity index is 1.66. The van der Waals surface area contributed by atoms with Gasteiger partial charge in [-0.25, -0.2) is 13.2 Å². The van der Waals surface area contributed by atoms with E-state index in [0.29, 0.717) is 0 Å². The van der Waals surface area contributed by atoms with Crippen LogP contribution in [0.2, 0.25) is 0 Å². The molecule has 0 aromatic heterocycles. The number of anilines is 1. The highest BCUT2D eigenvalue weighted by atomic mass is 19.1. The summed E-state index contributed by atoms with van der Waals surface area (Å²) < 4.78 is 40.3. The number of nitrogens with one attached hydrogen (secondary N) is 2. The predicted molar refractivity (Wildman–Crippen MR) is 106 cm³/mol. The second-order valence-electron chi connectivity index (χ2n) is 7.19. The number of benzene rings is 2. The van der Waals surface area contributed by atoms with E-state index >= 15 is 0 Å². The van der Waals surface area contributed by atoms with Crippen LogP contribution in [0.4, 0.5) is 18.9 Å². The number of carbonyl (C=O) groups is 2. The quantitative estimate of drug-likeness (QED) is 0.728. The van der Waals surface area contributed by atoms with Gasteiger partial charge in [-0.3, -0.25) is 14.5 Å². The molecule has 0 unspecified atom stereocenters. The van der Waals surface area contributed by atoms with E-state index in [-0.39, 0.29) is 18.4 Å². The second kappa shape index (κ2) is 9.73. The van der Waals surface area contributed by atoms with Gasteiger partial charge in [0, 0.05) is 38.8 Å². The van der Waals surface area contributed by atoms with E-state index in [2.05, 4.69) is 20.4 Å². The Kier molecular flexibility index (Phi) is 7.07. The molecule has 1 atom stereocenters. The normalized spacial score (nSPS) is 16.1. The van der Waals surface area contributed by atoms with Crippen molar-refractivity contribution in [3.63, 3.8) is 0 Å². The number of hydrogen-bond acceptors (Lipinski definition) is 4. The number of hydrogen-bond donors (Lipinski definition) is 2. The summed E-state index contributed by atoms with van der Waals surface area (Å²) in [5.41, 5.74) is 0.391. The Labute approximate surface area is 172 Å². The van der Waals surface area contributed by atoms with Crippen LogP contribution in [0.15, 0.2) is 42.5 Å². The number of nitrogens with zero attached hydrogens (tertiary/aromatic N) is 2. The average molecular weight is 420 g/mol. The number of piperazine rings is 1. The van der Waals surface area contributed by atoms with Gasteiger partial charge in [-0.15, -0.1) is 0 Å². The minimum absolute atomic E-state index is 0.104. The third kappa shape index (κ3) is 5.58. The smallest absolute Gasteiger partial charge is 0.313 e. The zero-order chi connectivity index (χ0) is 21.7. The topological polar surface area (TPSA) is 64.7 Å². The van der Waals surface area contributed by atoms with Gasteiger partial charge in [0.2, 0.25) is 0 Å². The zero-order valence-corrected chi connectivity index (χ0v) is 16.5. The highest BCUT2D eigenvalue weighted by Crippen LogP contribution is 2.22. The molecule has 0 spiro atoms. The molecule has 1 aliphatic rings. The summed E-state index contributed by atoms with van der Waals surface area (Å²) in [6, 6.07) is 8.29. The lowest BCUT2D eigenvalue weighted by molar-refractivity contribution is -0.136. The molecule has 160 valence electrons. The van der Waals surface area contributed by atoms with E-state index in [0.717, 1.165) is 49.9 Å². The van der Waals surface area contributed by atoms with Crippen LogP contribution in [0.25, 0.3) is 0 Å². The molecule has 1 aliphatic heterocycles. The lowest BCUT2D eigenvalue weighted by Crippen LogP contribution is -2.49. The largest absolute Gasteiger partial charge is 0.346 e. The van der Waals surface area contributed by atoms with Gasteiger partial charge in [-0.1, -0.05) is 12.1 Å². The lowest BCUT2D eigenvalue weighted by atomic mass is 10.0. The summed E-state index contributed by atoms with van der Waals surface area (Å²) in [5, 5.41) is 4.61. The molecule has 2 N–H and O–H groups in total. The van der Waals surface area contributed by atoms with Crippen molar-refractivity contribution in [2.24, 2.45) is 0 Å². The summed E-state index contributed by atoms with van der Waals surface area (Å²) in [5.74, 6) is -4.02. The third-order valence-corrected chi connectivity index (χ3v) is 5.07. The molecule has 0 radical (unpaired) electrons. The van der Waals surface area contributed by atoms with E-state index in [9.17, 15) is 22.8 Å². The van der Waals surface area contributed by atoms with Gasteiger partial charge in [0.25, 0.3) is 0 Å². The van der Waals surface area contributed by atoms with Crippen molar-refractivity contribution in [1.82, 2.24) is 15.1 Å². The molecule has 1 heterocycles. The minimum Gasteiger partial charge on any atom is -0.346 e. The van der Waals surface area contributed by atoms with Gasteiger partial charge >= 0.3 is 11.8 Å². The highest BCUT2D eigenvalue weighted by Gasteiger charge is 2.26.